The van der Waals surface area contributed by atoms with Crippen molar-refractivity contribution in [2.75, 3.05) is 45.2 Å². The zero-order chi connectivity index (χ0) is 31.9. The summed E-state index contributed by atoms with van der Waals surface area (Å²) < 4.78 is 94.3. The molecule has 2 aromatic carbocycles. The fraction of sp³-hybridized carbons (Fsp3) is 0.483. The van der Waals surface area contributed by atoms with Gasteiger partial charge < -0.3 is 14.7 Å². The van der Waals surface area contributed by atoms with E-state index in [1.807, 2.05) is 0 Å². The zero-order valence-electron chi connectivity index (χ0n) is 23.7. The molecule has 0 saturated carbocycles. The maximum absolute atomic E-state index is 13.7. The van der Waals surface area contributed by atoms with Gasteiger partial charge in [0.05, 0.1) is 17.2 Å². The molecule has 0 radical (unpaired) electrons. The van der Waals surface area contributed by atoms with Gasteiger partial charge in [0.15, 0.2) is 0 Å². The highest BCUT2D eigenvalue weighted by atomic mass is 19.4. The van der Waals surface area contributed by atoms with Crippen LogP contribution in [0.25, 0.3) is 0 Å². The van der Waals surface area contributed by atoms with Gasteiger partial charge in [0, 0.05) is 64.7 Å². The van der Waals surface area contributed by atoms with Crippen molar-refractivity contribution in [2.24, 2.45) is 5.92 Å². The van der Waals surface area contributed by atoms with Crippen LogP contribution in [-0.4, -0.2) is 78.9 Å². The van der Waals surface area contributed by atoms with E-state index in [2.05, 4.69) is 0 Å². The fourth-order valence-electron chi connectivity index (χ4n) is 5.72. The van der Waals surface area contributed by atoms with E-state index in [0.29, 0.717) is 48.5 Å². The van der Waals surface area contributed by atoms with Gasteiger partial charge in [-0.3, -0.25) is 14.5 Å². The van der Waals surface area contributed by atoms with Crippen molar-refractivity contribution in [3.63, 3.8) is 0 Å². The van der Waals surface area contributed by atoms with Crippen LogP contribution in [0.5, 0.6) is 0 Å². The maximum Gasteiger partial charge on any atom is 0.416 e. The Labute approximate surface area is 243 Å². The van der Waals surface area contributed by atoms with Crippen LogP contribution in [0.2, 0.25) is 0 Å². The quantitative estimate of drug-likeness (QED) is 0.420. The van der Waals surface area contributed by atoms with Crippen LogP contribution >= 0.6 is 0 Å². The number of piperidine rings is 1. The molecule has 234 valence electrons. The Balaban J connectivity index is 1.61. The summed E-state index contributed by atoms with van der Waals surface area (Å²) >= 11 is 0. The summed E-state index contributed by atoms with van der Waals surface area (Å²) in [4.78, 5) is 43.8. The minimum atomic E-state index is -5.09. The first-order valence-electron chi connectivity index (χ1n) is 13.6. The van der Waals surface area contributed by atoms with Crippen LogP contribution in [0.1, 0.15) is 42.4 Å². The summed E-state index contributed by atoms with van der Waals surface area (Å²) in [5.41, 5.74) is -3.12. The third-order valence-electron chi connectivity index (χ3n) is 8.23. The second kappa shape index (κ2) is 12.0. The van der Waals surface area contributed by atoms with E-state index in [1.165, 1.54) is 43.1 Å². The average molecular weight is 617 g/mol. The summed E-state index contributed by atoms with van der Waals surface area (Å²) in [6, 6.07) is 4.77. The predicted octanol–water partition coefficient (Wildman–Crippen LogP) is 5.60. The largest absolute Gasteiger partial charge is 0.416 e. The van der Waals surface area contributed by atoms with E-state index in [9.17, 15) is 45.1 Å². The average Bonchev–Trinajstić information content (AvgIpc) is 3.40. The van der Waals surface area contributed by atoms with Gasteiger partial charge in [-0.1, -0.05) is 12.1 Å². The standard InChI is InChI=1S/C29H31F7N4O3/c1-17(41)39-10-8-19(9-11-39)26(42)40-15-24(18-4-6-22(30)7-5-18)25(16-40)38(3)27(43)37(2)23-13-20(28(31,32)33)12-21(14-23)29(34,35)36/h4-7,12-14,19,24-25H,8-11,15-16H2,1-3H3/t24-,25-/m0/s1. The third kappa shape index (κ3) is 7.04. The minimum absolute atomic E-state index is 0.0164. The lowest BCUT2D eigenvalue weighted by atomic mass is 9.93. The van der Waals surface area contributed by atoms with Crippen molar-refractivity contribution in [3.05, 3.63) is 65.0 Å². The molecule has 0 N–H and O–H groups in total. The van der Waals surface area contributed by atoms with Crippen molar-refractivity contribution in [1.29, 1.82) is 0 Å². The Hall–Kier alpha value is -3.84. The van der Waals surface area contributed by atoms with Crippen LogP contribution in [0, 0.1) is 11.7 Å². The van der Waals surface area contributed by atoms with Crippen molar-refractivity contribution < 1.29 is 45.1 Å². The lowest BCUT2D eigenvalue weighted by molar-refractivity contribution is -0.143. The van der Waals surface area contributed by atoms with E-state index in [0.717, 1.165) is 7.05 Å². The molecule has 0 spiro atoms. The number of carbonyl (C=O) groups is 3. The highest BCUT2D eigenvalue weighted by Gasteiger charge is 2.43. The molecule has 43 heavy (non-hydrogen) atoms. The van der Waals surface area contributed by atoms with Crippen LogP contribution < -0.4 is 4.90 Å². The summed E-state index contributed by atoms with van der Waals surface area (Å²) in [7, 11) is 2.43. The van der Waals surface area contributed by atoms with Gasteiger partial charge in [0.2, 0.25) is 11.8 Å². The molecule has 4 amide bonds. The topological polar surface area (TPSA) is 64.2 Å². The lowest BCUT2D eigenvalue weighted by Gasteiger charge is -2.33. The van der Waals surface area contributed by atoms with E-state index < -0.39 is 53.0 Å². The smallest absolute Gasteiger partial charge is 0.343 e. The van der Waals surface area contributed by atoms with Gasteiger partial charge in [-0.2, -0.15) is 26.3 Å². The van der Waals surface area contributed by atoms with Gasteiger partial charge >= 0.3 is 18.4 Å². The number of hydrogen-bond acceptors (Lipinski definition) is 3. The fourth-order valence-corrected chi connectivity index (χ4v) is 5.72. The molecule has 2 aromatic rings. The number of nitrogens with zero attached hydrogens (tertiary/aromatic N) is 4. The lowest BCUT2D eigenvalue weighted by Crippen LogP contribution is -2.48. The molecule has 0 unspecified atom stereocenters. The molecule has 14 heteroatoms. The van der Waals surface area contributed by atoms with Crippen LogP contribution in [-0.2, 0) is 21.9 Å². The molecule has 2 aliphatic rings. The van der Waals surface area contributed by atoms with Crippen LogP contribution in [0.4, 0.5) is 41.2 Å². The molecule has 2 fully saturated rings. The Kier molecular flexibility index (Phi) is 8.98. The Morgan fingerprint density at radius 2 is 1.35 bits per heavy atom. The first-order valence-corrected chi connectivity index (χ1v) is 13.6. The molecular formula is C29H31F7N4O3. The number of carbonyl (C=O) groups excluding carboxylic acids is 3. The number of alkyl halides is 6. The monoisotopic (exact) mass is 616 g/mol. The number of halogens is 7. The van der Waals surface area contributed by atoms with Gasteiger partial charge in [-0.25, -0.2) is 9.18 Å². The SMILES string of the molecule is CC(=O)N1CCC(C(=O)N2C[C@@H](c3ccc(F)cc3)[C@@H](N(C)C(=O)N(C)c3cc(C(F)(F)F)cc(C(F)(F)F)c3)C2)CC1. The molecule has 4 rings (SSSR count). The minimum Gasteiger partial charge on any atom is -0.343 e. The van der Waals surface area contributed by atoms with Crippen molar-refractivity contribution in [3.8, 4) is 0 Å². The molecule has 0 aromatic heterocycles. The van der Waals surface area contributed by atoms with Crippen LogP contribution in [0.15, 0.2) is 42.5 Å². The second-order valence-corrected chi connectivity index (χ2v) is 11.0. The number of benzene rings is 2. The van der Waals surface area contributed by atoms with Crippen LogP contribution in [0.3, 0.4) is 0 Å². The highest BCUT2D eigenvalue weighted by Crippen LogP contribution is 2.39. The maximum atomic E-state index is 13.7. The van der Waals surface area contributed by atoms with Gasteiger partial charge in [-0.05, 0) is 48.7 Å². The molecule has 2 saturated heterocycles. The Bertz CT molecular complexity index is 1320. The van der Waals surface area contributed by atoms with Crippen molar-refractivity contribution in [2.45, 2.75) is 44.1 Å². The summed E-state index contributed by atoms with van der Waals surface area (Å²) in [5, 5.41) is 0. The van der Waals surface area contributed by atoms with Gasteiger partial charge in [0.25, 0.3) is 0 Å². The molecule has 2 heterocycles. The number of likely N-dealkylation sites (N-methyl/N-ethyl adjacent to an activating group) is 1. The zero-order valence-corrected chi connectivity index (χ0v) is 23.7. The second-order valence-electron chi connectivity index (χ2n) is 11.0. The summed E-state index contributed by atoms with van der Waals surface area (Å²) in [6.45, 7) is 2.49. The number of likely N-dealkylation sites (tertiary alicyclic amines) is 2. The number of amides is 4. The van der Waals surface area contributed by atoms with Gasteiger partial charge in [-0.15, -0.1) is 0 Å². The van der Waals surface area contributed by atoms with Crippen molar-refractivity contribution >= 4 is 23.5 Å². The number of hydrogen-bond donors (Lipinski definition) is 0. The van der Waals surface area contributed by atoms with Crippen molar-refractivity contribution in [1.82, 2.24) is 14.7 Å². The Morgan fingerprint density at radius 1 is 0.814 bits per heavy atom. The molecular weight excluding hydrogens is 585 g/mol. The Morgan fingerprint density at radius 3 is 1.84 bits per heavy atom. The predicted molar refractivity (Wildman–Crippen MR) is 142 cm³/mol. The third-order valence-corrected chi connectivity index (χ3v) is 8.23. The van der Waals surface area contributed by atoms with E-state index in [4.69, 9.17) is 0 Å². The normalized spacial score (nSPS) is 19.9. The molecule has 0 aliphatic carbocycles. The van der Waals surface area contributed by atoms with E-state index in [1.54, 1.807) is 9.80 Å². The van der Waals surface area contributed by atoms with E-state index >= 15 is 0 Å². The summed E-state index contributed by atoms with van der Waals surface area (Å²) in [6.07, 6.45) is -9.27. The number of rotatable bonds is 4. The molecule has 7 nitrogen and oxygen atoms in total. The number of anilines is 1. The molecule has 0 bridgehead atoms. The number of urea groups is 1. The molecule has 2 aliphatic heterocycles. The van der Waals surface area contributed by atoms with Gasteiger partial charge in [0.1, 0.15) is 5.82 Å². The summed E-state index contributed by atoms with van der Waals surface area (Å²) in [5.74, 6) is -1.65. The first kappa shape index (κ1) is 32.1. The van der Waals surface area contributed by atoms with E-state index in [-0.39, 0.29) is 36.9 Å². The molecule has 2 atom stereocenters. The first-order chi connectivity index (χ1) is 20.0. The highest BCUT2D eigenvalue weighted by molar-refractivity contribution is 5.92.